The van der Waals surface area contributed by atoms with Crippen molar-refractivity contribution in [3.05, 3.63) is 178 Å². The Morgan fingerprint density at radius 2 is 0.885 bits per heavy atom. The third kappa shape index (κ3) is 6.77. The lowest BCUT2D eigenvalue weighted by atomic mass is 9.33. The fourth-order valence-corrected chi connectivity index (χ4v) is 16.2. The highest BCUT2D eigenvalue weighted by Gasteiger charge is 2.51. The maximum atomic E-state index is 2.79. The highest BCUT2D eigenvalue weighted by atomic mass is 15.2. The van der Waals surface area contributed by atoms with Gasteiger partial charge in [0.15, 0.2) is 0 Å². The lowest BCUT2D eigenvalue weighted by molar-refractivity contribution is 0.403. The minimum atomic E-state index is -0.0832. The van der Waals surface area contributed by atoms with E-state index in [9.17, 15) is 0 Å². The number of nitrogens with zero attached hydrogens (tertiary/aromatic N) is 3. The van der Waals surface area contributed by atoms with Crippen LogP contribution in [0.3, 0.4) is 0 Å². The van der Waals surface area contributed by atoms with Crippen molar-refractivity contribution in [3.63, 3.8) is 0 Å². The van der Waals surface area contributed by atoms with Gasteiger partial charge < -0.3 is 14.2 Å². The molecule has 4 heterocycles. The number of rotatable bonds is 3. The van der Waals surface area contributed by atoms with E-state index in [0.717, 1.165) is 12.8 Å². The van der Waals surface area contributed by atoms with Gasteiger partial charge in [-0.25, -0.2) is 0 Å². The summed E-state index contributed by atoms with van der Waals surface area (Å²) in [6.07, 6.45) is 2.22. The molecule has 0 amide bonds. The van der Waals surface area contributed by atoms with E-state index in [-0.39, 0.29) is 44.6 Å². The Morgan fingerprint density at radius 1 is 0.410 bits per heavy atom. The zero-order valence-corrected chi connectivity index (χ0v) is 49.6. The maximum absolute atomic E-state index is 2.79. The summed E-state index contributed by atoms with van der Waals surface area (Å²) in [5.74, 6) is 0. The molecule has 0 saturated carbocycles. The summed E-state index contributed by atoms with van der Waals surface area (Å²) in [5.41, 5.74) is 28.0. The highest BCUT2D eigenvalue weighted by molar-refractivity contribution is 7.01. The van der Waals surface area contributed by atoms with E-state index < -0.39 is 0 Å². The second kappa shape index (κ2) is 15.5. The first kappa shape index (κ1) is 49.5. The van der Waals surface area contributed by atoms with Gasteiger partial charge in [0.2, 0.25) is 0 Å². The minimum Gasteiger partial charge on any atom is -0.311 e. The molecule has 2 aliphatic heterocycles. The zero-order chi connectivity index (χ0) is 54.9. The van der Waals surface area contributed by atoms with Crippen LogP contribution in [-0.2, 0) is 37.9 Å². The van der Waals surface area contributed by atoms with Crippen molar-refractivity contribution in [1.29, 1.82) is 0 Å². The molecule has 0 fully saturated rings. The number of aromatic nitrogens is 1. The van der Waals surface area contributed by atoms with Crippen LogP contribution in [0.5, 0.6) is 0 Å². The molecule has 0 spiro atoms. The molecule has 14 rings (SSSR count). The van der Waals surface area contributed by atoms with Crippen LogP contribution in [0.2, 0.25) is 0 Å². The molecule has 0 bridgehead atoms. The molecule has 0 unspecified atom stereocenters. The molecule has 8 aromatic carbocycles. The molecule has 0 atom stereocenters. The minimum absolute atomic E-state index is 0.00159. The third-order valence-electron chi connectivity index (χ3n) is 19.5. The quantitative estimate of drug-likeness (QED) is 0.163. The van der Waals surface area contributed by atoms with Crippen molar-refractivity contribution in [2.75, 3.05) is 9.80 Å². The molecule has 0 radical (unpaired) electrons. The van der Waals surface area contributed by atoms with Crippen LogP contribution >= 0.6 is 0 Å². The Morgan fingerprint density at radius 3 is 1.46 bits per heavy atom. The van der Waals surface area contributed by atoms with Gasteiger partial charge in [-0.15, -0.1) is 0 Å². The standard InChI is InChI=1S/C74H78BN3/c1-68(2,3)44-28-26-43(27-29-44)50-36-45(69(4,5)6)30-34-59(50)78-60-35-31-46(70(7,8)9)37-55(60)75-56-39-53-54(74(16,17)42-73(53,14)15)40-61(56)76(47-32-33-51-52(38-47)72(12,13)41-71(51,10)11)66-62-48-22-18-20-24-57(48)77-58-25-21-19-23-49(58)63(65(62)77)67(78)64(66)75/h18-40H,41-42H2,1-17H3. The first-order valence-corrected chi connectivity index (χ1v) is 29.1. The van der Waals surface area contributed by atoms with E-state index in [1.807, 2.05) is 0 Å². The molecule has 4 aliphatic rings. The van der Waals surface area contributed by atoms with Gasteiger partial charge in [0.1, 0.15) is 0 Å². The third-order valence-corrected chi connectivity index (χ3v) is 19.5. The molecule has 78 heavy (non-hydrogen) atoms. The molecule has 0 N–H and O–H groups in total. The van der Waals surface area contributed by atoms with Crippen LogP contribution in [0.1, 0.15) is 169 Å². The van der Waals surface area contributed by atoms with Gasteiger partial charge in [0.05, 0.1) is 33.6 Å². The van der Waals surface area contributed by atoms with Crippen molar-refractivity contribution in [2.45, 2.75) is 168 Å². The SMILES string of the molecule is CC(C)(C)c1ccc(-c2cc(C(C)(C)C)ccc2N2c3ccc(C(C)(C)C)cc3B3c4cc5c(cc4N(c4ccc6c(c4)C(C)(C)CC6(C)C)c4c3c2c2c3ccccc3n3c6ccccc6c4c23)C(C)(C)CC5(C)C)cc1. The monoisotopic (exact) mass is 1020 g/mol. The van der Waals surface area contributed by atoms with Crippen molar-refractivity contribution >= 4 is 95.3 Å². The molecule has 10 aromatic rings. The van der Waals surface area contributed by atoms with E-state index in [0.29, 0.717) is 0 Å². The van der Waals surface area contributed by atoms with Crippen LogP contribution < -0.4 is 26.2 Å². The Labute approximate surface area is 465 Å². The molecule has 4 heteroatoms. The largest absolute Gasteiger partial charge is 0.311 e. The number of fused-ring (bicyclic) bond motifs is 14. The second-order valence-electron chi connectivity index (χ2n) is 30.1. The molecule has 2 aliphatic carbocycles. The Kier molecular flexibility index (Phi) is 9.86. The second-order valence-corrected chi connectivity index (χ2v) is 30.1. The zero-order valence-electron chi connectivity index (χ0n) is 49.6. The van der Waals surface area contributed by atoms with Gasteiger partial charge in [0, 0.05) is 44.2 Å². The van der Waals surface area contributed by atoms with E-state index >= 15 is 0 Å². The van der Waals surface area contributed by atoms with Gasteiger partial charge in [-0.3, -0.25) is 0 Å². The molecular formula is C74H78BN3. The van der Waals surface area contributed by atoms with Crippen LogP contribution in [-0.4, -0.2) is 11.1 Å². The fraction of sp³-hybridized carbons (Fsp3) is 0.351. The van der Waals surface area contributed by atoms with Gasteiger partial charge in [-0.05, 0) is 160 Å². The summed E-state index contributed by atoms with van der Waals surface area (Å²) in [4.78, 5) is 5.55. The smallest absolute Gasteiger partial charge is 0.252 e. The average Bonchev–Trinajstić information content (AvgIpc) is 2.10. The number of anilines is 6. The Hall–Kier alpha value is -6.78. The summed E-state index contributed by atoms with van der Waals surface area (Å²) in [6.45, 7) is 41.0. The summed E-state index contributed by atoms with van der Waals surface area (Å²) in [5, 5.41) is 5.25. The maximum Gasteiger partial charge on any atom is 0.252 e. The molecule has 0 saturated heterocycles. The first-order valence-electron chi connectivity index (χ1n) is 29.1. The van der Waals surface area contributed by atoms with Gasteiger partial charge in [-0.1, -0.05) is 209 Å². The van der Waals surface area contributed by atoms with Crippen molar-refractivity contribution in [2.24, 2.45) is 0 Å². The van der Waals surface area contributed by atoms with Gasteiger partial charge in [0.25, 0.3) is 6.71 Å². The Bertz CT molecular complexity index is 4210. The van der Waals surface area contributed by atoms with Crippen LogP contribution in [0, 0.1) is 0 Å². The van der Waals surface area contributed by atoms with Crippen molar-refractivity contribution in [1.82, 2.24) is 4.40 Å². The average molecular weight is 1020 g/mol. The number of para-hydroxylation sites is 2. The van der Waals surface area contributed by atoms with Gasteiger partial charge >= 0.3 is 0 Å². The lowest BCUT2D eigenvalue weighted by Gasteiger charge is -2.46. The highest BCUT2D eigenvalue weighted by Crippen LogP contribution is 2.59. The fourth-order valence-electron chi connectivity index (χ4n) is 16.2. The van der Waals surface area contributed by atoms with Crippen LogP contribution in [0.15, 0.2) is 140 Å². The van der Waals surface area contributed by atoms with E-state index in [1.54, 1.807) is 0 Å². The number of benzene rings is 8. The molecular weight excluding hydrogens is 942 g/mol. The van der Waals surface area contributed by atoms with E-state index in [2.05, 4.69) is 271 Å². The number of hydrogen-bond acceptors (Lipinski definition) is 2. The predicted octanol–water partition coefficient (Wildman–Crippen LogP) is 18.4. The molecule has 392 valence electrons. The topological polar surface area (TPSA) is 10.9 Å². The Balaban J connectivity index is 1.22. The summed E-state index contributed by atoms with van der Waals surface area (Å²) in [6, 6.07) is 56.1. The summed E-state index contributed by atoms with van der Waals surface area (Å²) >= 11 is 0. The van der Waals surface area contributed by atoms with Crippen LogP contribution in [0.25, 0.3) is 49.2 Å². The number of hydrogen-bond donors (Lipinski definition) is 0. The molecule has 3 nitrogen and oxygen atoms in total. The van der Waals surface area contributed by atoms with Gasteiger partial charge in [-0.2, -0.15) is 0 Å². The normalized spacial score (nSPS) is 17.8. The van der Waals surface area contributed by atoms with E-state index in [1.165, 1.54) is 139 Å². The predicted molar refractivity (Wildman–Crippen MR) is 338 cm³/mol. The summed E-state index contributed by atoms with van der Waals surface area (Å²) < 4.78 is 2.63. The van der Waals surface area contributed by atoms with Crippen molar-refractivity contribution < 1.29 is 0 Å². The van der Waals surface area contributed by atoms with Crippen LogP contribution in [0.4, 0.5) is 34.1 Å². The van der Waals surface area contributed by atoms with Crippen molar-refractivity contribution in [3.8, 4) is 11.1 Å². The lowest BCUT2D eigenvalue weighted by Crippen LogP contribution is -2.62. The van der Waals surface area contributed by atoms with E-state index in [4.69, 9.17) is 0 Å². The molecule has 2 aromatic heterocycles. The first-order chi connectivity index (χ1) is 36.6. The summed E-state index contributed by atoms with van der Waals surface area (Å²) in [7, 11) is 0.